The summed E-state index contributed by atoms with van der Waals surface area (Å²) in [5, 5.41) is 2.83. The number of para-hydroxylation sites is 1. The monoisotopic (exact) mass is 270 g/mol. The number of benzene rings is 1. The zero-order valence-corrected chi connectivity index (χ0v) is 10.9. The Balaban J connectivity index is 2.12. The molecule has 0 aliphatic carbocycles. The Morgan fingerprint density at radius 2 is 1.95 bits per heavy atom. The normalized spacial score (nSPS) is 12.1. The highest BCUT2D eigenvalue weighted by Gasteiger charge is 2.13. The smallest absolute Gasteiger partial charge is 0.362 e. The van der Waals surface area contributed by atoms with Crippen molar-refractivity contribution in [2.75, 3.05) is 0 Å². The van der Waals surface area contributed by atoms with Crippen LogP contribution in [0.15, 0.2) is 70.2 Å². The summed E-state index contributed by atoms with van der Waals surface area (Å²) in [6.07, 6.45) is 10.4. The van der Waals surface area contributed by atoms with Gasteiger partial charge in [-0.15, -0.1) is 0 Å². The third-order valence-corrected chi connectivity index (χ3v) is 2.50. The lowest BCUT2D eigenvalue weighted by molar-refractivity contribution is 0.217. The number of carbonyl (C=O) groups is 1. The molecule has 0 saturated heterocycles. The standard InChI is InChI=1S/C15H14N2O3/c1-2-3-4-5-8-11-16-15(19)17-14(18)12-9-6-7-10-13(12)20-17/h2-11H,1H3,(H,16,19). The lowest BCUT2D eigenvalue weighted by Gasteiger charge is -1.96. The van der Waals surface area contributed by atoms with Gasteiger partial charge in [0.2, 0.25) is 0 Å². The van der Waals surface area contributed by atoms with Crippen molar-refractivity contribution < 1.29 is 9.32 Å². The molecule has 0 aliphatic heterocycles. The first-order valence-electron chi connectivity index (χ1n) is 6.10. The van der Waals surface area contributed by atoms with E-state index in [1.54, 1.807) is 36.4 Å². The summed E-state index contributed by atoms with van der Waals surface area (Å²) in [6, 6.07) is 6.06. The van der Waals surface area contributed by atoms with E-state index in [4.69, 9.17) is 4.52 Å². The van der Waals surface area contributed by atoms with Gasteiger partial charge in [-0.2, -0.15) is 0 Å². The SMILES string of the molecule is CC=CC=CC=CNC(=O)n1oc2ccccc2c1=O. The van der Waals surface area contributed by atoms with Gasteiger partial charge in [-0.1, -0.05) is 41.2 Å². The fourth-order valence-electron chi connectivity index (χ4n) is 1.58. The maximum atomic E-state index is 11.9. The van der Waals surface area contributed by atoms with Crippen molar-refractivity contribution in [2.24, 2.45) is 0 Å². The van der Waals surface area contributed by atoms with E-state index in [-0.39, 0.29) is 0 Å². The molecule has 1 N–H and O–H groups in total. The predicted molar refractivity (Wildman–Crippen MR) is 77.5 cm³/mol. The number of fused-ring (bicyclic) bond motifs is 1. The van der Waals surface area contributed by atoms with Gasteiger partial charge in [-0.3, -0.25) is 4.79 Å². The van der Waals surface area contributed by atoms with Crippen LogP contribution in [0.1, 0.15) is 6.92 Å². The number of hydrogen-bond acceptors (Lipinski definition) is 3. The molecule has 1 amide bonds. The number of aromatic nitrogens is 1. The molecule has 5 heteroatoms. The molecule has 102 valence electrons. The van der Waals surface area contributed by atoms with Crippen LogP contribution in [-0.2, 0) is 0 Å². The summed E-state index contributed by atoms with van der Waals surface area (Å²) in [5.41, 5.74) is -0.0967. The van der Waals surface area contributed by atoms with Crippen molar-refractivity contribution in [1.82, 2.24) is 10.1 Å². The molecule has 2 rings (SSSR count). The largest absolute Gasteiger partial charge is 0.366 e. The summed E-state index contributed by atoms with van der Waals surface area (Å²) >= 11 is 0. The van der Waals surface area contributed by atoms with E-state index in [0.29, 0.717) is 15.7 Å². The van der Waals surface area contributed by atoms with E-state index in [9.17, 15) is 9.59 Å². The van der Waals surface area contributed by atoms with E-state index < -0.39 is 11.6 Å². The van der Waals surface area contributed by atoms with Crippen molar-refractivity contribution in [3.63, 3.8) is 0 Å². The van der Waals surface area contributed by atoms with E-state index >= 15 is 0 Å². The van der Waals surface area contributed by atoms with E-state index in [2.05, 4.69) is 5.32 Å². The van der Waals surface area contributed by atoms with Gasteiger partial charge in [0, 0.05) is 6.20 Å². The predicted octanol–water partition coefficient (Wildman–Crippen LogP) is 2.80. The Hall–Kier alpha value is -2.82. The number of amides is 1. The zero-order chi connectivity index (χ0) is 14.4. The molecule has 0 bridgehead atoms. The number of rotatable bonds is 3. The van der Waals surface area contributed by atoms with Crippen LogP contribution in [-0.4, -0.2) is 10.8 Å². The highest BCUT2D eigenvalue weighted by atomic mass is 16.5. The average Bonchev–Trinajstić information content (AvgIpc) is 2.80. The van der Waals surface area contributed by atoms with E-state index in [1.165, 1.54) is 6.20 Å². The minimum atomic E-state index is -0.637. The van der Waals surface area contributed by atoms with Crippen LogP contribution in [0.5, 0.6) is 0 Å². The first-order valence-corrected chi connectivity index (χ1v) is 6.10. The minimum Gasteiger partial charge on any atom is -0.366 e. The fraction of sp³-hybridized carbons (Fsp3) is 0.0667. The third-order valence-electron chi connectivity index (χ3n) is 2.50. The summed E-state index contributed by atoms with van der Waals surface area (Å²) in [7, 11) is 0. The van der Waals surface area contributed by atoms with Crippen LogP contribution in [0.4, 0.5) is 4.79 Å². The van der Waals surface area contributed by atoms with Crippen molar-refractivity contribution in [3.05, 3.63) is 71.2 Å². The summed E-state index contributed by atoms with van der Waals surface area (Å²) in [4.78, 5) is 23.7. The quantitative estimate of drug-likeness (QED) is 0.872. The lowest BCUT2D eigenvalue weighted by Crippen LogP contribution is -2.30. The van der Waals surface area contributed by atoms with Gasteiger partial charge >= 0.3 is 6.03 Å². The maximum absolute atomic E-state index is 11.9. The topological polar surface area (TPSA) is 64.2 Å². The van der Waals surface area contributed by atoms with Gasteiger partial charge < -0.3 is 9.84 Å². The van der Waals surface area contributed by atoms with Crippen LogP contribution in [0, 0.1) is 0 Å². The Kier molecular flexibility index (Phi) is 4.34. The van der Waals surface area contributed by atoms with Crippen LogP contribution in [0.25, 0.3) is 11.0 Å². The zero-order valence-electron chi connectivity index (χ0n) is 10.9. The maximum Gasteiger partial charge on any atom is 0.362 e. The average molecular weight is 270 g/mol. The van der Waals surface area contributed by atoms with Gasteiger partial charge in [0.15, 0.2) is 5.58 Å². The summed E-state index contributed by atoms with van der Waals surface area (Å²) < 4.78 is 5.88. The van der Waals surface area contributed by atoms with Crippen LogP contribution in [0.3, 0.4) is 0 Å². The Labute approximate surface area is 115 Å². The van der Waals surface area contributed by atoms with Gasteiger partial charge in [0.25, 0.3) is 5.56 Å². The van der Waals surface area contributed by atoms with E-state index in [0.717, 1.165) is 0 Å². The molecule has 0 radical (unpaired) electrons. The van der Waals surface area contributed by atoms with Crippen molar-refractivity contribution in [3.8, 4) is 0 Å². The van der Waals surface area contributed by atoms with Gasteiger partial charge in [-0.25, -0.2) is 4.79 Å². The second-order valence-corrected chi connectivity index (χ2v) is 3.91. The van der Waals surface area contributed by atoms with Crippen LogP contribution in [0.2, 0.25) is 0 Å². The molecule has 1 aromatic heterocycles. The van der Waals surface area contributed by atoms with Crippen molar-refractivity contribution in [1.29, 1.82) is 0 Å². The Morgan fingerprint density at radius 3 is 2.70 bits per heavy atom. The molecule has 2 aromatic rings. The lowest BCUT2D eigenvalue weighted by atomic mass is 10.3. The molecule has 0 spiro atoms. The molecule has 20 heavy (non-hydrogen) atoms. The first kappa shape index (κ1) is 13.6. The summed E-state index contributed by atoms with van der Waals surface area (Å²) in [5.74, 6) is 0. The van der Waals surface area contributed by atoms with Crippen molar-refractivity contribution in [2.45, 2.75) is 6.92 Å². The van der Waals surface area contributed by atoms with Gasteiger partial charge in [-0.05, 0) is 25.1 Å². The summed E-state index contributed by atoms with van der Waals surface area (Å²) in [6.45, 7) is 1.91. The van der Waals surface area contributed by atoms with Crippen molar-refractivity contribution >= 4 is 17.0 Å². The number of carbonyl (C=O) groups excluding carboxylic acids is 1. The molecular weight excluding hydrogens is 256 g/mol. The number of nitrogens with one attached hydrogen (secondary N) is 1. The highest BCUT2D eigenvalue weighted by Crippen LogP contribution is 2.08. The second-order valence-electron chi connectivity index (χ2n) is 3.91. The molecule has 0 aliphatic rings. The number of hydrogen-bond donors (Lipinski definition) is 1. The number of allylic oxidation sites excluding steroid dienone is 5. The third kappa shape index (κ3) is 2.95. The number of nitrogens with zero attached hydrogens (tertiary/aromatic N) is 1. The van der Waals surface area contributed by atoms with Crippen LogP contribution >= 0.6 is 0 Å². The molecule has 1 heterocycles. The Morgan fingerprint density at radius 1 is 1.20 bits per heavy atom. The van der Waals surface area contributed by atoms with Gasteiger partial charge in [0.1, 0.15) is 0 Å². The molecule has 0 atom stereocenters. The Bertz CT molecular complexity index is 748. The fourth-order valence-corrected chi connectivity index (χ4v) is 1.58. The molecule has 0 fully saturated rings. The van der Waals surface area contributed by atoms with E-state index in [1.807, 2.05) is 25.2 Å². The highest BCUT2D eigenvalue weighted by molar-refractivity contribution is 5.82. The molecular formula is C15H14N2O3. The minimum absolute atomic E-state index is 0.375. The van der Waals surface area contributed by atoms with Crippen LogP contribution < -0.4 is 10.9 Å². The molecule has 0 unspecified atom stereocenters. The first-order chi connectivity index (χ1) is 9.74. The van der Waals surface area contributed by atoms with Gasteiger partial charge in [0.05, 0.1) is 5.39 Å². The molecule has 1 aromatic carbocycles. The second kappa shape index (κ2) is 6.38. The molecule has 5 nitrogen and oxygen atoms in total. The molecule has 0 saturated carbocycles.